The van der Waals surface area contributed by atoms with Gasteiger partial charge in [-0.3, -0.25) is 0 Å². The van der Waals surface area contributed by atoms with Gasteiger partial charge in [-0.05, 0) is 35.7 Å². The van der Waals surface area contributed by atoms with Crippen LogP contribution in [0.1, 0.15) is 25.3 Å². The molecule has 4 nitrogen and oxygen atoms in total. The number of rotatable bonds is 3. The standard InChI is InChI=1S/C16H17FN4/c1-10(2)11-6-12-9-21(20-16(12)19-8-11)15-7-13(18-3)4-5-14(15)17/h4-10,18H,1-3H3. The second-order valence-electron chi connectivity index (χ2n) is 5.33. The molecule has 0 aliphatic heterocycles. The molecule has 3 aromatic rings. The van der Waals surface area contributed by atoms with E-state index in [4.69, 9.17) is 0 Å². The molecule has 108 valence electrons. The lowest BCUT2D eigenvalue weighted by Gasteiger charge is -2.05. The van der Waals surface area contributed by atoms with Crippen LogP contribution in [0.15, 0.2) is 36.7 Å². The molecule has 21 heavy (non-hydrogen) atoms. The molecule has 5 heteroatoms. The minimum absolute atomic E-state index is 0.314. The van der Waals surface area contributed by atoms with Crippen LogP contribution >= 0.6 is 0 Å². The lowest BCUT2D eigenvalue weighted by molar-refractivity contribution is 0.611. The molecule has 0 unspecified atom stereocenters. The second-order valence-corrected chi connectivity index (χ2v) is 5.33. The van der Waals surface area contributed by atoms with Gasteiger partial charge in [-0.1, -0.05) is 13.8 Å². The van der Waals surface area contributed by atoms with Crippen LogP contribution in [0.5, 0.6) is 0 Å². The maximum Gasteiger partial charge on any atom is 0.181 e. The van der Waals surface area contributed by atoms with Gasteiger partial charge in [0.1, 0.15) is 11.5 Å². The third-order valence-corrected chi connectivity index (χ3v) is 3.53. The Morgan fingerprint density at radius 3 is 2.76 bits per heavy atom. The average molecular weight is 284 g/mol. The van der Waals surface area contributed by atoms with Crippen LogP contribution in [0.4, 0.5) is 10.1 Å². The zero-order valence-electron chi connectivity index (χ0n) is 12.3. The molecular weight excluding hydrogens is 267 g/mol. The number of fused-ring (bicyclic) bond motifs is 1. The van der Waals surface area contributed by atoms with Crippen molar-refractivity contribution in [1.82, 2.24) is 14.8 Å². The Balaban J connectivity index is 2.13. The van der Waals surface area contributed by atoms with Gasteiger partial charge in [-0.2, -0.15) is 0 Å². The fourth-order valence-corrected chi connectivity index (χ4v) is 2.22. The summed E-state index contributed by atoms with van der Waals surface area (Å²) in [6.07, 6.45) is 3.64. The highest BCUT2D eigenvalue weighted by molar-refractivity contribution is 5.75. The van der Waals surface area contributed by atoms with E-state index in [0.29, 0.717) is 17.3 Å². The summed E-state index contributed by atoms with van der Waals surface area (Å²) in [7, 11) is 1.80. The summed E-state index contributed by atoms with van der Waals surface area (Å²) in [6, 6.07) is 6.90. The zero-order valence-corrected chi connectivity index (χ0v) is 12.3. The van der Waals surface area contributed by atoms with Crippen LogP contribution in [0.2, 0.25) is 0 Å². The number of hydrogen-bond acceptors (Lipinski definition) is 3. The van der Waals surface area contributed by atoms with Crippen molar-refractivity contribution in [3.8, 4) is 5.69 Å². The number of pyridine rings is 1. The van der Waals surface area contributed by atoms with Crippen molar-refractivity contribution in [3.63, 3.8) is 0 Å². The predicted molar refractivity (Wildman–Crippen MR) is 82.5 cm³/mol. The van der Waals surface area contributed by atoms with E-state index >= 15 is 0 Å². The van der Waals surface area contributed by atoms with Crippen molar-refractivity contribution < 1.29 is 4.39 Å². The summed E-state index contributed by atoms with van der Waals surface area (Å²) in [5.74, 6) is 0.0838. The van der Waals surface area contributed by atoms with Crippen LogP contribution in [-0.4, -0.2) is 21.8 Å². The zero-order chi connectivity index (χ0) is 15.0. The molecule has 3 rings (SSSR count). The average Bonchev–Trinajstić information content (AvgIpc) is 2.90. The van der Waals surface area contributed by atoms with Crippen LogP contribution in [0.25, 0.3) is 16.7 Å². The van der Waals surface area contributed by atoms with Gasteiger partial charge in [0.15, 0.2) is 5.65 Å². The summed E-state index contributed by atoms with van der Waals surface area (Å²) in [6.45, 7) is 4.23. The normalized spacial score (nSPS) is 11.3. The fourth-order valence-electron chi connectivity index (χ4n) is 2.22. The van der Waals surface area contributed by atoms with E-state index in [0.717, 1.165) is 16.6 Å². The van der Waals surface area contributed by atoms with Crippen molar-refractivity contribution in [2.75, 3.05) is 12.4 Å². The lowest BCUT2D eigenvalue weighted by Crippen LogP contribution is -2.00. The number of benzene rings is 1. The lowest BCUT2D eigenvalue weighted by atomic mass is 10.1. The molecule has 0 fully saturated rings. The maximum absolute atomic E-state index is 14.0. The Morgan fingerprint density at radius 1 is 1.24 bits per heavy atom. The van der Waals surface area contributed by atoms with Crippen LogP contribution in [-0.2, 0) is 0 Å². The number of nitrogens with zero attached hydrogens (tertiary/aromatic N) is 3. The van der Waals surface area contributed by atoms with E-state index in [1.54, 1.807) is 19.2 Å². The first-order valence-corrected chi connectivity index (χ1v) is 6.91. The summed E-state index contributed by atoms with van der Waals surface area (Å²) >= 11 is 0. The van der Waals surface area contributed by atoms with Crippen LogP contribution < -0.4 is 5.32 Å². The molecule has 0 amide bonds. The Labute approximate surface area is 122 Å². The quantitative estimate of drug-likeness (QED) is 0.797. The van der Waals surface area contributed by atoms with Crippen molar-refractivity contribution in [2.24, 2.45) is 0 Å². The van der Waals surface area contributed by atoms with Gasteiger partial charge < -0.3 is 5.32 Å². The first kappa shape index (κ1) is 13.5. The number of nitrogens with one attached hydrogen (secondary N) is 1. The number of hydrogen-bond donors (Lipinski definition) is 1. The van der Waals surface area contributed by atoms with Crippen molar-refractivity contribution in [1.29, 1.82) is 0 Å². The number of aromatic nitrogens is 3. The third-order valence-electron chi connectivity index (χ3n) is 3.53. The smallest absolute Gasteiger partial charge is 0.181 e. The summed E-state index contributed by atoms with van der Waals surface area (Å²) < 4.78 is 15.6. The van der Waals surface area contributed by atoms with E-state index in [9.17, 15) is 4.39 Å². The topological polar surface area (TPSA) is 42.7 Å². The third kappa shape index (κ3) is 2.46. The molecule has 0 saturated heterocycles. The number of anilines is 1. The highest BCUT2D eigenvalue weighted by atomic mass is 19.1. The molecule has 2 heterocycles. The molecule has 0 spiro atoms. The largest absolute Gasteiger partial charge is 0.388 e. The molecule has 0 aliphatic carbocycles. The Kier molecular flexibility index (Phi) is 3.33. The van der Waals surface area contributed by atoms with E-state index in [1.165, 1.54) is 10.7 Å². The monoisotopic (exact) mass is 284 g/mol. The van der Waals surface area contributed by atoms with Gasteiger partial charge in [-0.15, -0.1) is 5.10 Å². The van der Waals surface area contributed by atoms with Gasteiger partial charge in [-0.25, -0.2) is 14.1 Å². The first-order chi connectivity index (χ1) is 10.1. The molecule has 1 aromatic carbocycles. The second kappa shape index (κ2) is 5.16. The molecule has 0 saturated carbocycles. The maximum atomic E-state index is 14.0. The molecule has 0 bridgehead atoms. The Hall–Kier alpha value is -2.43. The van der Waals surface area contributed by atoms with Gasteiger partial charge in [0.25, 0.3) is 0 Å². The highest BCUT2D eigenvalue weighted by Gasteiger charge is 2.10. The van der Waals surface area contributed by atoms with Crippen molar-refractivity contribution in [3.05, 3.63) is 48.0 Å². The summed E-state index contributed by atoms with van der Waals surface area (Å²) in [4.78, 5) is 4.35. The van der Waals surface area contributed by atoms with Crippen molar-refractivity contribution in [2.45, 2.75) is 19.8 Å². The highest BCUT2D eigenvalue weighted by Crippen LogP contribution is 2.22. The summed E-state index contributed by atoms with van der Waals surface area (Å²) in [5.41, 5.74) is 3.01. The molecular formula is C16H17FN4. The Bertz CT molecular complexity index is 792. The van der Waals surface area contributed by atoms with Crippen LogP contribution in [0, 0.1) is 5.82 Å². The molecule has 1 N–H and O–H groups in total. The first-order valence-electron chi connectivity index (χ1n) is 6.91. The molecule has 0 atom stereocenters. The minimum atomic E-state index is -0.314. The minimum Gasteiger partial charge on any atom is -0.388 e. The van der Waals surface area contributed by atoms with E-state index < -0.39 is 0 Å². The van der Waals surface area contributed by atoms with E-state index in [1.807, 2.05) is 12.4 Å². The predicted octanol–water partition coefficient (Wildman–Crippen LogP) is 3.72. The SMILES string of the molecule is CNc1ccc(F)c(-n2cc3cc(C(C)C)cnc3n2)c1. The fraction of sp³-hybridized carbons (Fsp3) is 0.250. The van der Waals surface area contributed by atoms with Crippen molar-refractivity contribution >= 4 is 16.7 Å². The van der Waals surface area contributed by atoms with Gasteiger partial charge in [0.05, 0.1) is 0 Å². The molecule has 0 aliphatic rings. The van der Waals surface area contributed by atoms with Crippen LogP contribution in [0.3, 0.4) is 0 Å². The number of halogens is 1. The molecule has 2 aromatic heterocycles. The van der Waals surface area contributed by atoms with E-state index in [2.05, 4.69) is 35.3 Å². The van der Waals surface area contributed by atoms with Gasteiger partial charge in [0.2, 0.25) is 0 Å². The van der Waals surface area contributed by atoms with Gasteiger partial charge in [0, 0.05) is 30.5 Å². The molecule has 0 radical (unpaired) electrons. The summed E-state index contributed by atoms with van der Waals surface area (Å²) in [5, 5.41) is 8.27. The van der Waals surface area contributed by atoms with Gasteiger partial charge >= 0.3 is 0 Å². The van der Waals surface area contributed by atoms with E-state index in [-0.39, 0.29) is 5.82 Å². The Morgan fingerprint density at radius 2 is 2.05 bits per heavy atom.